The lowest BCUT2D eigenvalue weighted by Gasteiger charge is -2.21. The van der Waals surface area contributed by atoms with Crippen molar-refractivity contribution < 1.29 is 39.6 Å². The molecule has 20 heavy (non-hydrogen) atoms. The van der Waals surface area contributed by atoms with Gasteiger partial charge in [-0.1, -0.05) is 0 Å². The third-order valence-corrected chi connectivity index (χ3v) is 2.00. The highest BCUT2D eigenvalue weighted by Gasteiger charge is 2.30. The van der Waals surface area contributed by atoms with E-state index in [0.29, 0.717) is 0 Å². The molecule has 0 aromatic rings. The highest BCUT2D eigenvalue weighted by molar-refractivity contribution is 5.84. The number of carbonyl (C=O) groups excluding carboxylic acids is 2. The summed E-state index contributed by atoms with van der Waals surface area (Å²) in [6.45, 7) is 3.34. The maximum Gasteiger partial charge on any atom is 0.431 e. The van der Waals surface area contributed by atoms with Crippen molar-refractivity contribution in [2.45, 2.75) is 44.7 Å². The van der Waals surface area contributed by atoms with Crippen molar-refractivity contribution in [3.63, 3.8) is 0 Å². The molecule has 1 amide bonds. The number of hydroxylamine groups is 1. The molecule has 9 nitrogen and oxygen atoms in total. The van der Waals surface area contributed by atoms with Crippen molar-refractivity contribution in [3.8, 4) is 0 Å². The van der Waals surface area contributed by atoms with Crippen LogP contribution in [0.5, 0.6) is 0 Å². The molecule has 0 heterocycles. The highest BCUT2D eigenvalue weighted by Crippen LogP contribution is 2.06. The van der Waals surface area contributed by atoms with Crippen molar-refractivity contribution >= 4 is 11.9 Å². The average Bonchev–Trinajstić information content (AvgIpc) is 2.33. The number of aliphatic hydroxyl groups is 4. The van der Waals surface area contributed by atoms with Crippen molar-refractivity contribution in [3.05, 3.63) is 0 Å². The monoisotopic (exact) mass is 295 g/mol. The van der Waals surface area contributed by atoms with Crippen molar-refractivity contribution in [1.29, 1.82) is 0 Å². The zero-order valence-electron chi connectivity index (χ0n) is 11.6. The Balaban J connectivity index is 4.08. The first-order valence-corrected chi connectivity index (χ1v) is 5.87. The standard InChI is InChI=1S/C11H21NO8/c1-11(2,3)20-10(18)12-19-5-7(15)9(17)8(16)6(14)4-13/h6,8-9,13-14,16-17H,4-5H2,1-3H3,(H,12,18)/t6-,8+,9+/m1/s1. The molecule has 0 spiro atoms. The van der Waals surface area contributed by atoms with E-state index in [4.69, 9.17) is 14.9 Å². The molecule has 5 N–H and O–H groups in total. The number of carbonyl (C=O) groups is 2. The van der Waals surface area contributed by atoms with Crippen LogP contribution in [0.3, 0.4) is 0 Å². The first-order valence-electron chi connectivity index (χ1n) is 5.87. The summed E-state index contributed by atoms with van der Waals surface area (Å²) in [6, 6.07) is 0. The fourth-order valence-electron chi connectivity index (χ4n) is 1.06. The number of Topliss-reactive ketones (excluding diaryl/α,β-unsaturated/α-hetero) is 1. The molecule has 9 heteroatoms. The lowest BCUT2D eigenvalue weighted by atomic mass is 10.1. The minimum atomic E-state index is -1.95. The molecule has 0 radical (unpaired) electrons. The van der Waals surface area contributed by atoms with E-state index in [-0.39, 0.29) is 0 Å². The van der Waals surface area contributed by atoms with Crippen molar-refractivity contribution in [1.82, 2.24) is 5.48 Å². The van der Waals surface area contributed by atoms with Crippen LogP contribution < -0.4 is 5.48 Å². The Morgan fingerprint density at radius 3 is 2.20 bits per heavy atom. The van der Waals surface area contributed by atoms with E-state index < -0.39 is 49.0 Å². The molecule has 0 fully saturated rings. The van der Waals surface area contributed by atoms with Gasteiger partial charge < -0.3 is 25.2 Å². The number of aliphatic hydroxyl groups excluding tert-OH is 4. The fraction of sp³-hybridized carbons (Fsp3) is 0.818. The molecule has 0 aromatic carbocycles. The van der Waals surface area contributed by atoms with Crippen LogP contribution >= 0.6 is 0 Å². The van der Waals surface area contributed by atoms with Gasteiger partial charge in [0.05, 0.1) is 6.61 Å². The van der Waals surface area contributed by atoms with Gasteiger partial charge in [0, 0.05) is 0 Å². The molecule has 0 aliphatic rings. The van der Waals surface area contributed by atoms with Gasteiger partial charge in [-0.25, -0.2) is 4.79 Å². The van der Waals surface area contributed by atoms with Gasteiger partial charge in [-0.2, -0.15) is 5.48 Å². The summed E-state index contributed by atoms with van der Waals surface area (Å²) in [5.74, 6) is -0.985. The highest BCUT2D eigenvalue weighted by atomic mass is 16.7. The minimum absolute atomic E-state index is 0.738. The smallest absolute Gasteiger partial charge is 0.431 e. The summed E-state index contributed by atoms with van der Waals surface area (Å²) in [4.78, 5) is 27.0. The molecule has 3 atom stereocenters. The second-order valence-electron chi connectivity index (χ2n) is 5.04. The Labute approximate surface area is 116 Å². The predicted octanol–water partition coefficient (Wildman–Crippen LogP) is -1.91. The lowest BCUT2D eigenvalue weighted by molar-refractivity contribution is -0.146. The quantitative estimate of drug-likeness (QED) is 0.342. The molecule has 0 rings (SSSR count). The van der Waals surface area contributed by atoms with E-state index >= 15 is 0 Å². The molecule has 0 unspecified atom stereocenters. The SMILES string of the molecule is CC(C)(C)OC(=O)NOCC(=O)[C@H](O)[C@@H](O)[C@H](O)CO. The molecule has 0 saturated heterocycles. The second-order valence-corrected chi connectivity index (χ2v) is 5.04. The molecular formula is C11H21NO8. The van der Waals surface area contributed by atoms with Gasteiger partial charge in [-0.15, -0.1) is 0 Å². The largest absolute Gasteiger partial charge is 0.442 e. The first-order chi connectivity index (χ1) is 9.08. The van der Waals surface area contributed by atoms with E-state index in [1.165, 1.54) is 0 Å². The Hall–Kier alpha value is -1.26. The van der Waals surface area contributed by atoms with Crippen LogP contribution in [0.4, 0.5) is 4.79 Å². The Kier molecular flexibility index (Phi) is 7.61. The number of hydrogen-bond acceptors (Lipinski definition) is 8. The van der Waals surface area contributed by atoms with Gasteiger partial charge in [-0.05, 0) is 20.8 Å². The van der Waals surface area contributed by atoms with E-state index in [2.05, 4.69) is 4.84 Å². The third kappa shape index (κ3) is 7.36. The van der Waals surface area contributed by atoms with Gasteiger partial charge in [0.25, 0.3) is 0 Å². The van der Waals surface area contributed by atoms with Crippen LogP contribution in [0.2, 0.25) is 0 Å². The second kappa shape index (κ2) is 8.12. The Morgan fingerprint density at radius 1 is 1.20 bits per heavy atom. The fourth-order valence-corrected chi connectivity index (χ4v) is 1.06. The number of nitrogens with one attached hydrogen (secondary N) is 1. The van der Waals surface area contributed by atoms with Crippen LogP contribution in [0.1, 0.15) is 20.8 Å². The number of hydrogen-bond donors (Lipinski definition) is 5. The first kappa shape index (κ1) is 18.7. The number of amides is 1. The molecular weight excluding hydrogens is 274 g/mol. The maximum atomic E-state index is 11.4. The summed E-state index contributed by atoms with van der Waals surface area (Å²) in [5.41, 5.74) is 1.08. The van der Waals surface area contributed by atoms with Gasteiger partial charge >= 0.3 is 6.09 Å². The van der Waals surface area contributed by atoms with E-state index in [1.807, 2.05) is 5.48 Å². The number of ketones is 1. The van der Waals surface area contributed by atoms with E-state index in [1.54, 1.807) is 20.8 Å². The van der Waals surface area contributed by atoms with Gasteiger partial charge in [0.15, 0.2) is 5.78 Å². The summed E-state index contributed by atoms with van der Waals surface area (Å²) in [7, 11) is 0. The van der Waals surface area contributed by atoms with Crippen LogP contribution in [-0.4, -0.2) is 69.4 Å². The van der Waals surface area contributed by atoms with Gasteiger partial charge in [-0.3, -0.25) is 9.63 Å². The van der Waals surface area contributed by atoms with Crippen molar-refractivity contribution in [2.24, 2.45) is 0 Å². The molecule has 0 aromatic heterocycles. The van der Waals surface area contributed by atoms with Gasteiger partial charge in [0.1, 0.15) is 30.5 Å². The average molecular weight is 295 g/mol. The van der Waals surface area contributed by atoms with Crippen LogP contribution in [0.15, 0.2) is 0 Å². The zero-order valence-corrected chi connectivity index (χ0v) is 11.6. The molecule has 0 aliphatic heterocycles. The van der Waals surface area contributed by atoms with Gasteiger partial charge in [0.2, 0.25) is 0 Å². The van der Waals surface area contributed by atoms with E-state index in [0.717, 1.165) is 0 Å². The number of rotatable bonds is 7. The lowest BCUT2D eigenvalue weighted by Crippen LogP contribution is -2.45. The normalized spacial score (nSPS) is 16.1. The topological polar surface area (TPSA) is 146 Å². The molecule has 0 saturated carbocycles. The van der Waals surface area contributed by atoms with E-state index in [9.17, 15) is 19.8 Å². The zero-order chi connectivity index (χ0) is 15.9. The summed E-state index contributed by atoms with van der Waals surface area (Å²) in [5, 5.41) is 36.2. The predicted molar refractivity (Wildman–Crippen MR) is 65.4 cm³/mol. The summed E-state index contributed by atoms with van der Waals surface area (Å²) in [6.07, 6.45) is -6.38. The molecule has 0 bridgehead atoms. The Morgan fingerprint density at radius 2 is 1.75 bits per heavy atom. The van der Waals surface area contributed by atoms with Crippen molar-refractivity contribution in [2.75, 3.05) is 13.2 Å². The summed E-state index contributed by atoms with van der Waals surface area (Å²) < 4.78 is 4.81. The van der Waals surface area contributed by atoms with Crippen LogP contribution in [-0.2, 0) is 14.4 Å². The maximum absolute atomic E-state index is 11.4. The molecule has 0 aliphatic carbocycles. The van der Waals surface area contributed by atoms with Crippen LogP contribution in [0, 0.1) is 0 Å². The van der Waals surface area contributed by atoms with Crippen LogP contribution in [0.25, 0.3) is 0 Å². The number of ether oxygens (including phenoxy) is 1. The minimum Gasteiger partial charge on any atom is -0.442 e. The third-order valence-electron chi connectivity index (χ3n) is 2.00. The molecule has 118 valence electrons. The Bertz CT molecular complexity index is 327. The summed E-state index contributed by atoms with van der Waals surface area (Å²) >= 11 is 0.